The molecule has 0 saturated carbocycles. The van der Waals surface area contributed by atoms with Gasteiger partial charge in [-0.05, 0) is 28.5 Å². The van der Waals surface area contributed by atoms with Crippen LogP contribution in [0.15, 0.2) is 71.6 Å². The van der Waals surface area contributed by atoms with Crippen molar-refractivity contribution in [3.63, 3.8) is 0 Å². The van der Waals surface area contributed by atoms with E-state index in [-0.39, 0.29) is 11.2 Å². The Morgan fingerprint density at radius 1 is 0.909 bits per heavy atom. The van der Waals surface area contributed by atoms with E-state index in [1.807, 2.05) is 24.3 Å². The maximum Gasteiger partial charge on any atom is 0.225 e. The quantitative estimate of drug-likeness (QED) is 0.684. The summed E-state index contributed by atoms with van der Waals surface area (Å²) in [6.07, 6.45) is 0.493. The third kappa shape index (κ3) is 2.38. The number of hydrogen-bond acceptors (Lipinski definition) is 2. The van der Waals surface area contributed by atoms with Gasteiger partial charge in [0.2, 0.25) is 5.91 Å². The second-order valence-corrected chi connectivity index (χ2v) is 6.67. The minimum atomic E-state index is 0.0791. The normalized spacial score (nSPS) is 17.6. The summed E-state index contributed by atoms with van der Waals surface area (Å²) in [5.74, 6) is 0.0791. The first-order chi connectivity index (χ1) is 10.8. The number of nitrogens with one attached hydrogen (secondary N) is 1. The lowest BCUT2D eigenvalue weighted by molar-refractivity contribution is -0.116. The summed E-state index contributed by atoms with van der Waals surface area (Å²) in [6.45, 7) is 0. The molecule has 1 aliphatic heterocycles. The number of para-hydroxylation sites is 1. The van der Waals surface area contributed by atoms with Gasteiger partial charge < -0.3 is 5.32 Å². The van der Waals surface area contributed by atoms with Crippen LogP contribution in [0.5, 0.6) is 0 Å². The molecule has 1 atom stereocenters. The highest BCUT2D eigenvalue weighted by Crippen LogP contribution is 2.45. The second kappa shape index (κ2) is 5.50. The molecule has 0 aromatic heterocycles. The SMILES string of the molecule is O=C1CC(c2cccc3ccccc23)Sc2ccccc2N1. The Kier molecular flexibility index (Phi) is 3.35. The molecule has 3 aromatic rings. The summed E-state index contributed by atoms with van der Waals surface area (Å²) < 4.78 is 0. The number of hydrogen-bond donors (Lipinski definition) is 1. The fraction of sp³-hybridized carbons (Fsp3) is 0.105. The Labute approximate surface area is 133 Å². The summed E-state index contributed by atoms with van der Waals surface area (Å²) in [4.78, 5) is 13.4. The Morgan fingerprint density at radius 2 is 1.68 bits per heavy atom. The number of carbonyl (C=O) groups is 1. The third-order valence-corrected chi connectivity index (χ3v) is 5.29. The molecule has 0 bridgehead atoms. The fourth-order valence-electron chi connectivity index (χ4n) is 2.94. The zero-order chi connectivity index (χ0) is 14.9. The Bertz CT molecular complexity index is 853. The van der Waals surface area contributed by atoms with Crippen LogP contribution in [0.4, 0.5) is 5.69 Å². The molecule has 1 unspecified atom stereocenters. The van der Waals surface area contributed by atoms with E-state index >= 15 is 0 Å². The van der Waals surface area contributed by atoms with Crippen molar-refractivity contribution in [3.8, 4) is 0 Å². The average molecular weight is 305 g/mol. The van der Waals surface area contributed by atoms with E-state index in [1.54, 1.807) is 11.8 Å². The van der Waals surface area contributed by atoms with Crippen LogP contribution in [-0.2, 0) is 4.79 Å². The van der Waals surface area contributed by atoms with Crippen LogP contribution in [0.2, 0.25) is 0 Å². The topological polar surface area (TPSA) is 29.1 Å². The zero-order valence-corrected chi connectivity index (χ0v) is 12.8. The number of carbonyl (C=O) groups excluding carboxylic acids is 1. The van der Waals surface area contributed by atoms with Gasteiger partial charge in [0, 0.05) is 16.6 Å². The summed E-state index contributed by atoms with van der Waals surface area (Å²) >= 11 is 1.77. The van der Waals surface area contributed by atoms with Crippen LogP contribution in [0, 0.1) is 0 Å². The summed E-state index contributed by atoms with van der Waals surface area (Å²) in [6, 6.07) is 22.7. The Balaban J connectivity index is 1.83. The molecule has 3 aromatic carbocycles. The lowest BCUT2D eigenvalue weighted by Crippen LogP contribution is -2.12. The van der Waals surface area contributed by atoms with Crippen molar-refractivity contribution < 1.29 is 4.79 Å². The van der Waals surface area contributed by atoms with Gasteiger partial charge in [0.05, 0.1) is 5.69 Å². The minimum Gasteiger partial charge on any atom is -0.325 e. The van der Waals surface area contributed by atoms with Gasteiger partial charge >= 0.3 is 0 Å². The van der Waals surface area contributed by atoms with Crippen molar-refractivity contribution in [1.82, 2.24) is 0 Å². The molecule has 0 aliphatic carbocycles. The van der Waals surface area contributed by atoms with Crippen LogP contribution >= 0.6 is 11.8 Å². The molecule has 0 radical (unpaired) electrons. The van der Waals surface area contributed by atoms with Crippen molar-refractivity contribution in [2.24, 2.45) is 0 Å². The number of benzene rings is 3. The van der Waals surface area contributed by atoms with Gasteiger partial charge in [-0.3, -0.25) is 4.79 Å². The highest BCUT2D eigenvalue weighted by molar-refractivity contribution is 7.99. The fourth-order valence-corrected chi connectivity index (χ4v) is 4.22. The highest BCUT2D eigenvalue weighted by Gasteiger charge is 2.24. The van der Waals surface area contributed by atoms with Gasteiger partial charge in [-0.15, -0.1) is 11.8 Å². The van der Waals surface area contributed by atoms with Crippen molar-refractivity contribution in [3.05, 3.63) is 72.3 Å². The molecule has 2 nitrogen and oxygen atoms in total. The predicted molar refractivity (Wildman–Crippen MR) is 92.2 cm³/mol. The van der Waals surface area contributed by atoms with Crippen LogP contribution in [0.3, 0.4) is 0 Å². The lowest BCUT2D eigenvalue weighted by Gasteiger charge is -2.16. The zero-order valence-electron chi connectivity index (χ0n) is 12.0. The second-order valence-electron chi connectivity index (χ2n) is 5.42. The van der Waals surface area contributed by atoms with Crippen LogP contribution in [0.25, 0.3) is 10.8 Å². The summed E-state index contributed by atoms with van der Waals surface area (Å²) in [5, 5.41) is 5.60. The molecular weight excluding hydrogens is 290 g/mol. The largest absolute Gasteiger partial charge is 0.325 e. The van der Waals surface area contributed by atoms with E-state index in [2.05, 4.69) is 47.8 Å². The van der Waals surface area contributed by atoms with E-state index in [1.165, 1.54) is 16.3 Å². The van der Waals surface area contributed by atoms with Gasteiger partial charge in [0.1, 0.15) is 0 Å². The molecule has 1 amide bonds. The standard InChI is InChI=1S/C19H15NOS/c21-19-12-18(22-17-11-4-3-10-16(17)20-19)15-9-5-7-13-6-1-2-8-14(13)15/h1-11,18H,12H2,(H,20,21). The average Bonchev–Trinajstić information content (AvgIpc) is 2.72. The van der Waals surface area contributed by atoms with E-state index in [0.29, 0.717) is 6.42 Å². The molecular formula is C19H15NOS. The Morgan fingerprint density at radius 3 is 2.64 bits per heavy atom. The number of thioether (sulfide) groups is 1. The molecule has 0 spiro atoms. The maximum absolute atomic E-state index is 12.2. The maximum atomic E-state index is 12.2. The smallest absolute Gasteiger partial charge is 0.225 e. The predicted octanol–water partition coefficient (Wildman–Crippen LogP) is 5.02. The lowest BCUT2D eigenvalue weighted by atomic mass is 10.0. The van der Waals surface area contributed by atoms with Crippen molar-refractivity contribution in [2.45, 2.75) is 16.6 Å². The molecule has 1 N–H and O–H groups in total. The van der Waals surface area contributed by atoms with E-state index < -0.39 is 0 Å². The van der Waals surface area contributed by atoms with Crippen LogP contribution in [0.1, 0.15) is 17.2 Å². The van der Waals surface area contributed by atoms with Gasteiger partial charge in [-0.25, -0.2) is 0 Å². The van der Waals surface area contributed by atoms with Gasteiger partial charge in [-0.2, -0.15) is 0 Å². The molecule has 3 heteroatoms. The van der Waals surface area contributed by atoms with Crippen LogP contribution < -0.4 is 5.32 Å². The molecule has 1 aliphatic rings. The summed E-state index contributed by atoms with van der Waals surface area (Å²) in [5.41, 5.74) is 2.15. The molecule has 108 valence electrons. The van der Waals surface area contributed by atoms with Gasteiger partial charge in [-0.1, -0.05) is 54.6 Å². The molecule has 0 saturated heterocycles. The first kappa shape index (κ1) is 13.4. The third-order valence-electron chi connectivity index (χ3n) is 3.97. The van der Waals surface area contributed by atoms with Crippen molar-refractivity contribution in [1.29, 1.82) is 0 Å². The minimum absolute atomic E-state index is 0.0791. The molecule has 1 heterocycles. The number of amides is 1. The number of rotatable bonds is 1. The van der Waals surface area contributed by atoms with Crippen molar-refractivity contribution >= 4 is 34.1 Å². The monoisotopic (exact) mass is 305 g/mol. The van der Waals surface area contributed by atoms with Crippen LogP contribution in [-0.4, -0.2) is 5.91 Å². The first-order valence-corrected chi connectivity index (χ1v) is 8.22. The molecule has 0 fully saturated rings. The van der Waals surface area contributed by atoms with E-state index in [0.717, 1.165) is 10.6 Å². The Hall–Kier alpha value is -2.26. The van der Waals surface area contributed by atoms with Crippen molar-refractivity contribution in [2.75, 3.05) is 5.32 Å². The first-order valence-electron chi connectivity index (χ1n) is 7.34. The molecule has 22 heavy (non-hydrogen) atoms. The molecule has 4 rings (SSSR count). The van der Waals surface area contributed by atoms with E-state index in [4.69, 9.17) is 0 Å². The summed E-state index contributed by atoms with van der Waals surface area (Å²) in [7, 11) is 0. The number of fused-ring (bicyclic) bond motifs is 2. The number of anilines is 1. The van der Waals surface area contributed by atoms with E-state index in [9.17, 15) is 4.79 Å². The highest BCUT2D eigenvalue weighted by atomic mass is 32.2. The van der Waals surface area contributed by atoms with Gasteiger partial charge in [0.25, 0.3) is 0 Å². The van der Waals surface area contributed by atoms with Gasteiger partial charge in [0.15, 0.2) is 0 Å².